The van der Waals surface area contributed by atoms with Gasteiger partial charge in [0.25, 0.3) is 0 Å². The molecule has 0 aromatic carbocycles. The molecule has 1 aliphatic heterocycles. The summed E-state index contributed by atoms with van der Waals surface area (Å²) in [5, 5.41) is 4.84. The van der Waals surface area contributed by atoms with Gasteiger partial charge in [-0.1, -0.05) is 0 Å². The number of hydrogen-bond acceptors (Lipinski definition) is 5. The number of likely N-dealkylation sites (tertiary alicyclic amines) is 1. The van der Waals surface area contributed by atoms with Crippen LogP contribution in [0.2, 0.25) is 0 Å². The average molecular weight is 371 g/mol. The molecule has 5 rings (SSSR count). The van der Waals surface area contributed by atoms with E-state index in [1.165, 1.54) is 47.9 Å². The Labute approximate surface area is 158 Å². The monoisotopic (exact) mass is 370 g/mol. The van der Waals surface area contributed by atoms with E-state index in [1.54, 1.807) is 0 Å². The molecule has 2 fully saturated rings. The number of nitrogens with one attached hydrogen (secondary N) is 1. The van der Waals surface area contributed by atoms with Gasteiger partial charge in [0.2, 0.25) is 5.91 Å². The number of amides is 1. The van der Waals surface area contributed by atoms with E-state index in [-0.39, 0.29) is 5.91 Å². The molecule has 0 bridgehead atoms. The summed E-state index contributed by atoms with van der Waals surface area (Å²) in [6.45, 7) is 2.78. The van der Waals surface area contributed by atoms with Crippen molar-refractivity contribution >= 4 is 33.3 Å². The fraction of sp³-hybridized carbons (Fsp3) is 0.650. The summed E-state index contributed by atoms with van der Waals surface area (Å²) in [5.41, 5.74) is 1.46. The van der Waals surface area contributed by atoms with Crippen LogP contribution in [0.15, 0.2) is 0 Å². The van der Waals surface area contributed by atoms with Crippen LogP contribution in [0.5, 0.6) is 0 Å². The second-order valence-corrected chi connectivity index (χ2v) is 9.05. The van der Waals surface area contributed by atoms with E-state index in [2.05, 4.69) is 5.32 Å². The van der Waals surface area contributed by atoms with Crippen LogP contribution in [-0.4, -0.2) is 40.4 Å². The first-order valence-corrected chi connectivity index (χ1v) is 10.9. The molecule has 6 heteroatoms. The average Bonchev–Trinajstić information content (AvgIpc) is 3.17. The molecule has 3 heterocycles. The minimum Gasteiger partial charge on any atom is -0.369 e. The highest BCUT2D eigenvalue weighted by molar-refractivity contribution is 7.19. The van der Waals surface area contributed by atoms with Crippen molar-refractivity contribution in [3.8, 4) is 0 Å². The molecule has 1 saturated heterocycles. The Hall–Kier alpha value is -1.69. The molecule has 0 atom stereocenters. The Morgan fingerprint density at radius 2 is 1.92 bits per heavy atom. The molecule has 138 valence electrons. The SMILES string of the molecule is O=C(Cc1nc(NCC2CC2)c2c3c(sc2n1)CCCC3)N1CCCC1. The quantitative estimate of drug-likeness (QED) is 0.874. The molecular weight excluding hydrogens is 344 g/mol. The number of hydrogen-bond donors (Lipinski definition) is 1. The fourth-order valence-corrected chi connectivity index (χ4v) is 5.47. The number of aromatic nitrogens is 2. The van der Waals surface area contributed by atoms with Gasteiger partial charge in [-0.3, -0.25) is 4.79 Å². The van der Waals surface area contributed by atoms with E-state index in [0.29, 0.717) is 12.2 Å². The van der Waals surface area contributed by atoms with Crippen LogP contribution in [-0.2, 0) is 24.1 Å². The highest BCUT2D eigenvalue weighted by atomic mass is 32.1. The van der Waals surface area contributed by atoms with E-state index in [1.807, 2.05) is 16.2 Å². The summed E-state index contributed by atoms with van der Waals surface area (Å²) < 4.78 is 0. The molecule has 2 aliphatic carbocycles. The van der Waals surface area contributed by atoms with Gasteiger partial charge in [-0.25, -0.2) is 9.97 Å². The van der Waals surface area contributed by atoms with Crippen molar-refractivity contribution in [1.29, 1.82) is 0 Å². The number of fused-ring (bicyclic) bond motifs is 3. The van der Waals surface area contributed by atoms with Gasteiger partial charge in [-0.2, -0.15) is 0 Å². The van der Waals surface area contributed by atoms with E-state index in [9.17, 15) is 4.79 Å². The summed E-state index contributed by atoms with van der Waals surface area (Å²) in [7, 11) is 0. The smallest absolute Gasteiger partial charge is 0.230 e. The van der Waals surface area contributed by atoms with Crippen LogP contribution in [0, 0.1) is 5.92 Å². The molecule has 0 radical (unpaired) electrons. The summed E-state index contributed by atoms with van der Waals surface area (Å²) in [4.78, 5) is 26.7. The zero-order valence-corrected chi connectivity index (χ0v) is 16.0. The topological polar surface area (TPSA) is 58.1 Å². The molecule has 2 aromatic rings. The van der Waals surface area contributed by atoms with Gasteiger partial charge < -0.3 is 10.2 Å². The van der Waals surface area contributed by atoms with Gasteiger partial charge in [-0.05, 0) is 62.8 Å². The third-order valence-corrected chi connectivity index (χ3v) is 7.07. The highest BCUT2D eigenvalue weighted by Gasteiger charge is 2.25. The number of aryl methyl sites for hydroxylation is 2. The predicted molar refractivity (Wildman–Crippen MR) is 105 cm³/mol. The number of anilines is 1. The van der Waals surface area contributed by atoms with Crippen molar-refractivity contribution in [3.63, 3.8) is 0 Å². The van der Waals surface area contributed by atoms with Crippen molar-refractivity contribution in [3.05, 3.63) is 16.3 Å². The first kappa shape index (κ1) is 16.5. The van der Waals surface area contributed by atoms with Gasteiger partial charge in [-0.15, -0.1) is 11.3 Å². The van der Waals surface area contributed by atoms with Crippen molar-refractivity contribution in [2.45, 2.75) is 57.8 Å². The molecule has 3 aliphatic rings. The molecule has 26 heavy (non-hydrogen) atoms. The highest BCUT2D eigenvalue weighted by Crippen LogP contribution is 2.39. The van der Waals surface area contributed by atoms with Crippen LogP contribution in [0.3, 0.4) is 0 Å². The maximum Gasteiger partial charge on any atom is 0.230 e. The van der Waals surface area contributed by atoms with Gasteiger partial charge in [0.15, 0.2) is 0 Å². The first-order chi connectivity index (χ1) is 12.8. The summed E-state index contributed by atoms with van der Waals surface area (Å²) >= 11 is 1.82. The maximum absolute atomic E-state index is 12.6. The fourth-order valence-electron chi connectivity index (χ4n) is 4.19. The zero-order valence-electron chi connectivity index (χ0n) is 15.2. The van der Waals surface area contributed by atoms with Crippen LogP contribution in [0.25, 0.3) is 10.2 Å². The molecule has 0 unspecified atom stereocenters. The Bertz CT molecular complexity index is 836. The lowest BCUT2D eigenvalue weighted by atomic mass is 9.97. The Morgan fingerprint density at radius 1 is 1.12 bits per heavy atom. The van der Waals surface area contributed by atoms with Crippen molar-refractivity contribution in [1.82, 2.24) is 14.9 Å². The number of rotatable bonds is 5. The number of nitrogens with zero attached hydrogens (tertiary/aromatic N) is 3. The normalized spacial score (nSPS) is 19.8. The predicted octanol–water partition coefficient (Wildman–Crippen LogP) is 3.56. The Balaban J connectivity index is 1.48. The largest absolute Gasteiger partial charge is 0.369 e. The standard InChI is InChI=1S/C20H26N4OS/c25-17(24-9-3-4-10-24)11-16-22-19(21-12-13-7-8-13)18-14-5-1-2-6-15(14)26-20(18)23-16/h13H,1-12H2,(H,21,22,23). The number of thiophene rings is 1. The first-order valence-electron chi connectivity index (χ1n) is 10.1. The van der Waals surface area contributed by atoms with Crippen LogP contribution < -0.4 is 5.32 Å². The lowest BCUT2D eigenvalue weighted by molar-refractivity contribution is -0.129. The second-order valence-electron chi connectivity index (χ2n) is 7.97. The molecule has 1 N–H and O–H groups in total. The summed E-state index contributed by atoms with van der Waals surface area (Å²) in [5.74, 6) is 2.64. The second kappa shape index (κ2) is 6.80. The van der Waals surface area contributed by atoms with E-state index >= 15 is 0 Å². The van der Waals surface area contributed by atoms with Crippen LogP contribution in [0.4, 0.5) is 5.82 Å². The van der Waals surface area contributed by atoms with Crippen LogP contribution >= 0.6 is 11.3 Å². The van der Waals surface area contributed by atoms with Gasteiger partial charge >= 0.3 is 0 Å². The molecule has 2 aromatic heterocycles. The van der Waals surface area contributed by atoms with Gasteiger partial charge in [0, 0.05) is 24.5 Å². The minimum absolute atomic E-state index is 0.177. The molecular formula is C20H26N4OS. The van der Waals surface area contributed by atoms with Crippen molar-refractivity contribution in [2.75, 3.05) is 25.0 Å². The van der Waals surface area contributed by atoms with Crippen LogP contribution in [0.1, 0.15) is 54.8 Å². The third kappa shape index (κ3) is 3.20. The third-order valence-electron chi connectivity index (χ3n) is 5.88. The molecule has 1 saturated carbocycles. The molecule has 1 amide bonds. The lowest BCUT2D eigenvalue weighted by Gasteiger charge is -2.16. The van der Waals surface area contributed by atoms with E-state index in [4.69, 9.17) is 9.97 Å². The van der Waals surface area contributed by atoms with E-state index in [0.717, 1.165) is 55.5 Å². The number of carbonyl (C=O) groups excluding carboxylic acids is 1. The summed E-state index contributed by atoms with van der Waals surface area (Å²) in [6.07, 6.45) is 10.1. The Kier molecular flexibility index (Phi) is 4.31. The van der Waals surface area contributed by atoms with E-state index < -0.39 is 0 Å². The molecule has 5 nitrogen and oxygen atoms in total. The number of carbonyl (C=O) groups is 1. The Morgan fingerprint density at radius 3 is 2.73 bits per heavy atom. The lowest BCUT2D eigenvalue weighted by Crippen LogP contribution is -2.29. The minimum atomic E-state index is 0.177. The van der Waals surface area contributed by atoms with Gasteiger partial charge in [0.05, 0.1) is 11.8 Å². The molecule has 0 spiro atoms. The zero-order chi connectivity index (χ0) is 17.5. The van der Waals surface area contributed by atoms with Crippen molar-refractivity contribution < 1.29 is 4.79 Å². The maximum atomic E-state index is 12.6. The summed E-state index contributed by atoms with van der Waals surface area (Å²) in [6, 6.07) is 0. The van der Waals surface area contributed by atoms with Gasteiger partial charge in [0.1, 0.15) is 16.5 Å². The van der Waals surface area contributed by atoms with Crippen molar-refractivity contribution in [2.24, 2.45) is 5.92 Å².